The monoisotopic (exact) mass is 250 g/mol. The number of aliphatic hydroxyl groups is 1. The molecule has 1 aliphatic rings. The van der Waals surface area contributed by atoms with Crippen LogP contribution in [0.3, 0.4) is 0 Å². The molecule has 1 saturated heterocycles. The molecule has 0 amide bonds. The van der Waals surface area contributed by atoms with Gasteiger partial charge in [0.15, 0.2) is 0 Å². The molecule has 1 aliphatic heterocycles. The summed E-state index contributed by atoms with van der Waals surface area (Å²) in [4.78, 5) is 0. The Morgan fingerprint density at radius 2 is 1.94 bits per heavy atom. The van der Waals surface area contributed by atoms with Gasteiger partial charge in [-0.25, -0.2) is 12.7 Å². The van der Waals surface area contributed by atoms with Gasteiger partial charge in [-0.3, -0.25) is 0 Å². The maximum absolute atomic E-state index is 11.9. The van der Waals surface area contributed by atoms with E-state index in [-0.39, 0.29) is 5.75 Å². The third-order valence-electron chi connectivity index (χ3n) is 2.98. The van der Waals surface area contributed by atoms with Gasteiger partial charge < -0.3 is 10.4 Å². The van der Waals surface area contributed by atoms with Crippen molar-refractivity contribution < 1.29 is 13.5 Å². The van der Waals surface area contributed by atoms with Gasteiger partial charge in [0, 0.05) is 19.6 Å². The molecule has 0 unspecified atom stereocenters. The van der Waals surface area contributed by atoms with Crippen LogP contribution in [0.1, 0.15) is 26.7 Å². The molecule has 2 N–H and O–H groups in total. The van der Waals surface area contributed by atoms with Crippen molar-refractivity contribution in [2.45, 2.75) is 32.3 Å². The predicted octanol–water partition coefficient (Wildman–Crippen LogP) is -0.227. The Balaban J connectivity index is 2.45. The van der Waals surface area contributed by atoms with Crippen LogP contribution in [0.2, 0.25) is 0 Å². The van der Waals surface area contributed by atoms with Crippen LogP contribution in [-0.4, -0.2) is 55.4 Å². The molecule has 16 heavy (non-hydrogen) atoms. The Morgan fingerprint density at radius 3 is 2.44 bits per heavy atom. The molecule has 0 aromatic rings. The van der Waals surface area contributed by atoms with Gasteiger partial charge >= 0.3 is 0 Å². The van der Waals surface area contributed by atoms with Crippen molar-refractivity contribution in [3.63, 3.8) is 0 Å². The molecule has 1 fully saturated rings. The summed E-state index contributed by atoms with van der Waals surface area (Å²) in [6.07, 6.45) is 1.04. The lowest BCUT2D eigenvalue weighted by Crippen LogP contribution is -2.46. The predicted molar refractivity (Wildman–Crippen MR) is 63.8 cm³/mol. The van der Waals surface area contributed by atoms with Gasteiger partial charge in [-0.15, -0.1) is 0 Å². The van der Waals surface area contributed by atoms with E-state index in [2.05, 4.69) is 5.32 Å². The molecular formula is C10H22N2O3S. The minimum Gasteiger partial charge on any atom is -0.390 e. The van der Waals surface area contributed by atoms with E-state index in [1.54, 1.807) is 6.92 Å². The largest absolute Gasteiger partial charge is 0.390 e. The molecule has 0 atom stereocenters. The number of hydrogen-bond donors (Lipinski definition) is 2. The molecule has 0 saturated carbocycles. The molecule has 0 aromatic carbocycles. The lowest BCUT2D eigenvalue weighted by atomic mass is 9.95. The lowest BCUT2D eigenvalue weighted by Gasteiger charge is -2.34. The van der Waals surface area contributed by atoms with E-state index < -0.39 is 15.6 Å². The quantitative estimate of drug-likeness (QED) is 0.662. The molecule has 96 valence electrons. The maximum Gasteiger partial charge on any atom is 0.215 e. The topological polar surface area (TPSA) is 69.6 Å². The zero-order valence-corrected chi connectivity index (χ0v) is 10.9. The summed E-state index contributed by atoms with van der Waals surface area (Å²) in [5.41, 5.74) is -0.701. The van der Waals surface area contributed by atoms with Crippen LogP contribution in [-0.2, 0) is 10.0 Å². The van der Waals surface area contributed by atoms with Crippen LogP contribution >= 0.6 is 0 Å². The van der Waals surface area contributed by atoms with E-state index in [4.69, 9.17) is 0 Å². The molecular weight excluding hydrogens is 228 g/mol. The minimum atomic E-state index is -3.15. The van der Waals surface area contributed by atoms with Crippen molar-refractivity contribution in [2.24, 2.45) is 0 Å². The van der Waals surface area contributed by atoms with Gasteiger partial charge in [-0.2, -0.15) is 0 Å². The zero-order valence-electron chi connectivity index (χ0n) is 10.1. The number of nitrogens with zero attached hydrogens (tertiary/aromatic N) is 1. The number of piperidine rings is 1. The van der Waals surface area contributed by atoms with Gasteiger partial charge in [0.05, 0.1) is 11.4 Å². The highest BCUT2D eigenvalue weighted by Crippen LogP contribution is 2.22. The van der Waals surface area contributed by atoms with Crippen LogP contribution in [0, 0.1) is 0 Å². The standard InChI is InChI=1S/C10H22N2O3S/c1-3-11-6-9-16(14,15)12-7-4-10(2,13)5-8-12/h11,13H,3-9H2,1-2H3. The summed E-state index contributed by atoms with van der Waals surface area (Å²) in [5, 5.41) is 12.7. The number of nitrogens with one attached hydrogen (secondary N) is 1. The molecule has 1 heterocycles. The molecule has 5 nitrogen and oxygen atoms in total. The van der Waals surface area contributed by atoms with Gasteiger partial charge in [-0.05, 0) is 26.3 Å². The molecule has 0 spiro atoms. The summed E-state index contributed by atoms with van der Waals surface area (Å²) in [6, 6.07) is 0. The van der Waals surface area contributed by atoms with Gasteiger partial charge in [0.1, 0.15) is 0 Å². The molecule has 1 rings (SSSR count). The van der Waals surface area contributed by atoms with E-state index in [0.29, 0.717) is 32.5 Å². The highest BCUT2D eigenvalue weighted by molar-refractivity contribution is 7.89. The van der Waals surface area contributed by atoms with E-state index >= 15 is 0 Å². The second-order valence-corrected chi connectivity index (χ2v) is 6.65. The summed E-state index contributed by atoms with van der Waals surface area (Å²) < 4.78 is 25.2. The van der Waals surface area contributed by atoms with E-state index in [1.165, 1.54) is 4.31 Å². The number of sulfonamides is 1. The average Bonchev–Trinajstić information content (AvgIpc) is 2.17. The molecule has 0 aromatic heterocycles. The third kappa shape index (κ3) is 4.01. The Bertz CT molecular complexity index is 304. The fourth-order valence-corrected chi connectivity index (χ4v) is 3.15. The van der Waals surface area contributed by atoms with Crippen LogP contribution in [0.15, 0.2) is 0 Å². The van der Waals surface area contributed by atoms with Crippen LogP contribution < -0.4 is 5.32 Å². The van der Waals surface area contributed by atoms with Crippen molar-refractivity contribution in [1.29, 1.82) is 0 Å². The maximum atomic E-state index is 11.9. The first kappa shape index (κ1) is 13.9. The highest BCUT2D eigenvalue weighted by atomic mass is 32.2. The van der Waals surface area contributed by atoms with Gasteiger partial charge in [-0.1, -0.05) is 6.92 Å². The summed E-state index contributed by atoms with van der Waals surface area (Å²) in [7, 11) is -3.15. The molecule has 0 bridgehead atoms. The van der Waals surface area contributed by atoms with Gasteiger partial charge in [0.2, 0.25) is 10.0 Å². The molecule has 0 radical (unpaired) electrons. The Morgan fingerprint density at radius 1 is 1.38 bits per heavy atom. The Labute approximate surface area is 97.9 Å². The summed E-state index contributed by atoms with van der Waals surface area (Å²) in [5.74, 6) is 0.142. The van der Waals surface area contributed by atoms with Crippen molar-refractivity contribution >= 4 is 10.0 Å². The smallest absolute Gasteiger partial charge is 0.215 e. The first-order valence-electron chi connectivity index (χ1n) is 5.78. The SMILES string of the molecule is CCNCCS(=O)(=O)N1CCC(C)(O)CC1. The first-order valence-corrected chi connectivity index (χ1v) is 7.39. The molecule has 6 heteroatoms. The Hall–Kier alpha value is -0.170. The van der Waals surface area contributed by atoms with Crippen LogP contribution in [0.25, 0.3) is 0 Å². The molecule has 0 aliphatic carbocycles. The van der Waals surface area contributed by atoms with E-state index in [1.807, 2.05) is 6.92 Å². The highest BCUT2D eigenvalue weighted by Gasteiger charge is 2.32. The normalized spacial score (nSPS) is 22.2. The van der Waals surface area contributed by atoms with Crippen LogP contribution in [0.5, 0.6) is 0 Å². The minimum absolute atomic E-state index is 0.142. The van der Waals surface area contributed by atoms with Gasteiger partial charge in [0.25, 0.3) is 0 Å². The second kappa shape index (κ2) is 5.44. The Kier molecular flexibility index (Phi) is 4.73. The zero-order chi connectivity index (χ0) is 12.2. The van der Waals surface area contributed by atoms with Crippen molar-refractivity contribution in [2.75, 3.05) is 31.9 Å². The fraction of sp³-hybridized carbons (Fsp3) is 1.00. The summed E-state index contributed by atoms with van der Waals surface area (Å²) >= 11 is 0. The number of rotatable bonds is 5. The number of hydrogen-bond acceptors (Lipinski definition) is 4. The van der Waals surface area contributed by atoms with Crippen molar-refractivity contribution in [3.05, 3.63) is 0 Å². The van der Waals surface area contributed by atoms with E-state index in [9.17, 15) is 13.5 Å². The fourth-order valence-electron chi connectivity index (χ4n) is 1.75. The third-order valence-corrected chi connectivity index (χ3v) is 4.85. The average molecular weight is 250 g/mol. The summed E-state index contributed by atoms with van der Waals surface area (Å²) in [6.45, 7) is 5.85. The van der Waals surface area contributed by atoms with Crippen LogP contribution in [0.4, 0.5) is 0 Å². The lowest BCUT2D eigenvalue weighted by molar-refractivity contribution is 0.0126. The first-order chi connectivity index (χ1) is 7.37. The van der Waals surface area contributed by atoms with E-state index in [0.717, 1.165) is 6.54 Å². The van der Waals surface area contributed by atoms with Crippen molar-refractivity contribution in [1.82, 2.24) is 9.62 Å². The van der Waals surface area contributed by atoms with Crippen molar-refractivity contribution in [3.8, 4) is 0 Å². The second-order valence-electron chi connectivity index (χ2n) is 4.57.